The summed E-state index contributed by atoms with van der Waals surface area (Å²) in [7, 11) is 0. The molecule has 3 atom stereocenters. The molecule has 0 aliphatic carbocycles. The first-order chi connectivity index (χ1) is 8.29. The lowest BCUT2D eigenvalue weighted by atomic mass is 9.82. The van der Waals surface area contributed by atoms with Crippen LogP contribution in [0.15, 0.2) is 6.20 Å². The Kier molecular flexibility index (Phi) is 3.38. The predicted molar refractivity (Wildman–Crippen MR) is 68.2 cm³/mol. The highest BCUT2D eigenvalue weighted by Crippen LogP contribution is 2.44. The molecule has 3 unspecified atom stereocenters. The number of aliphatic hydroxyl groups excluding tert-OH is 1. The first-order valence-corrected chi connectivity index (χ1v) is 7.89. The van der Waals surface area contributed by atoms with Crippen molar-refractivity contribution in [2.24, 2.45) is 5.92 Å². The van der Waals surface area contributed by atoms with Gasteiger partial charge < -0.3 is 9.84 Å². The average Bonchev–Trinajstić information content (AvgIpc) is 3.00. The highest BCUT2D eigenvalue weighted by atomic mass is 32.2. The molecule has 2 aliphatic heterocycles. The Morgan fingerprint density at radius 1 is 1.59 bits per heavy atom. The molecule has 17 heavy (non-hydrogen) atoms. The molecule has 1 aromatic heterocycles. The Hall–Kier alpha value is -0.170. The Morgan fingerprint density at radius 3 is 3.24 bits per heavy atom. The van der Waals surface area contributed by atoms with Crippen LogP contribution in [0.25, 0.3) is 0 Å². The van der Waals surface area contributed by atoms with Gasteiger partial charge in [0.05, 0.1) is 22.8 Å². The minimum atomic E-state index is -0.415. The molecule has 4 nitrogen and oxygen atoms in total. The van der Waals surface area contributed by atoms with E-state index in [-0.39, 0.29) is 5.60 Å². The maximum Gasteiger partial charge on any atom is 0.0944 e. The maximum absolute atomic E-state index is 10.3. The summed E-state index contributed by atoms with van der Waals surface area (Å²) < 4.78 is 9.79. The molecule has 0 amide bonds. The van der Waals surface area contributed by atoms with Crippen molar-refractivity contribution in [3.63, 3.8) is 0 Å². The second-order valence-corrected chi connectivity index (χ2v) is 6.77. The highest BCUT2D eigenvalue weighted by Gasteiger charge is 2.42. The zero-order chi connectivity index (χ0) is 11.7. The van der Waals surface area contributed by atoms with Crippen LogP contribution in [0.3, 0.4) is 0 Å². The van der Waals surface area contributed by atoms with Crippen LogP contribution in [-0.2, 0) is 4.74 Å². The second kappa shape index (κ2) is 4.84. The van der Waals surface area contributed by atoms with Crippen molar-refractivity contribution in [3.05, 3.63) is 11.1 Å². The van der Waals surface area contributed by atoms with Gasteiger partial charge in [-0.05, 0) is 42.5 Å². The van der Waals surface area contributed by atoms with Gasteiger partial charge in [-0.3, -0.25) is 0 Å². The molecule has 2 aliphatic rings. The van der Waals surface area contributed by atoms with E-state index in [1.54, 1.807) is 6.20 Å². The van der Waals surface area contributed by atoms with Crippen LogP contribution in [0.4, 0.5) is 0 Å². The number of thioether (sulfide) groups is 1. The fraction of sp³-hybridized carbons (Fsp3) is 0.818. The van der Waals surface area contributed by atoms with E-state index in [2.05, 4.69) is 9.59 Å². The van der Waals surface area contributed by atoms with E-state index in [0.29, 0.717) is 5.92 Å². The van der Waals surface area contributed by atoms with Crippen LogP contribution in [0.2, 0.25) is 0 Å². The minimum absolute atomic E-state index is 0.0344. The lowest BCUT2D eigenvalue weighted by molar-refractivity contribution is -0.101. The molecule has 1 N–H and O–H groups in total. The van der Waals surface area contributed by atoms with Crippen LogP contribution in [0, 0.1) is 5.92 Å². The molecule has 0 radical (unpaired) electrons. The summed E-state index contributed by atoms with van der Waals surface area (Å²) in [6, 6.07) is 0. The largest absolute Gasteiger partial charge is 0.387 e. The molecule has 0 bridgehead atoms. The van der Waals surface area contributed by atoms with Crippen molar-refractivity contribution in [1.29, 1.82) is 0 Å². The van der Waals surface area contributed by atoms with Crippen molar-refractivity contribution in [2.45, 2.75) is 31.0 Å². The lowest BCUT2D eigenvalue weighted by Crippen LogP contribution is -2.41. The number of ether oxygens (including phenoxy) is 1. The van der Waals surface area contributed by atoms with Gasteiger partial charge >= 0.3 is 0 Å². The molecular formula is C11H16N2O2S2. The lowest BCUT2D eigenvalue weighted by Gasteiger charge is -2.39. The van der Waals surface area contributed by atoms with E-state index < -0.39 is 6.10 Å². The number of hydrogen-bond acceptors (Lipinski definition) is 6. The number of rotatable bonds is 2. The van der Waals surface area contributed by atoms with Crippen LogP contribution in [0.1, 0.15) is 30.2 Å². The van der Waals surface area contributed by atoms with Gasteiger partial charge in [-0.15, -0.1) is 5.10 Å². The molecule has 0 aromatic carbocycles. The van der Waals surface area contributed by atoms with Gasteiger partial charge in [0, 0.05) is 12.4 Å². The van der Waals surface area contributed by atoms with Crippen LogP contribution in [-0.4, -0.2) is 38.4 Å². The van der Waals surface area contributed by atoms with Gasteiger partial charge in [0.1, 0.15) is 0 Å². The van der Waals surface area contributed by atoms with E-state index in [1.807, 2.05) is 11.8 Å². The maximum atomic E-state index is 10.3. The SMILES string of the molecule is OC(c1cnns1)C1CCOC2(CCSC2)C1. The molecular weight excluding hydrogens is 256 g/mol. The predicted octanol–water partition coefficient (Wildman–Crippen LogP) is 1.87. The molecule has 3 rings (SSSR count). The zero-order valence-corrected chi connectivity index (χ0v) is 11.2. The number of aliphatic hydroxyl groups is 1. The topological polar surface area (TPSA) is 55.2 Å². The third kappa shape index (κ3) is 2.36. The number of hydrogen-bond donors (Lipinski definition) is 1. The second-order valence-electron chi connectivity index (χ2n) is 4.85. The van der Waals surface area contributed by atoms with E-state index in [0.717, 1.165) is 36.5 Å². The zero-order valence-electron chi connectivity index (χ0n) is 9.54. The smallest absolute Gasteiger partial charge is 0.0944 e. The third-order valence-electron chi connectivity index (χ3n) is 3.71. The molecule has 1 spiro atoms. The fourth-order valence-corrected chi connectivity index (χ4v) is 4.70. The Bertz CT molecular complexity index is 366. The summed E-state index contributed by atoms with van der Waals surface area (Å²) in [6.07, 6.45) is 4.30. The average molecular weight is 272 g/mol. The van der Waals surface area contributed by atoms with Gasteiger partial charge in [0.15, 0.2) is 0 Å². The Morgan fingerprint density at radius 2 is 2.53 bits per heavy atom. The summed E-state index contributed by atoms with van der Waals surface area (Å²) in [4.78, 5) is 0.887. The summed E-state index contributed by atoms with van der Waals surface area (Å²) >= 11 is 3.26. The van der Waals surface area contributed by atoms with E-state index in [9.17, 15) is 5.11 Å². The van der Waals surface area contributed by atoms with Crippen molar-refractivity contribution in [1.82, 2.24) is 9.59 Å². The summed E-state index contributed by atoms with van der Waals surface area (Å²) in [5.41, 5.74) is 0.0344. The van der Waals surface area contributed by atoms with Gasteiger partial charge in [0.25, 0.3) is 0 Å². The monoisotopic (exact) mass is 272 g/mol. The van der Waals surface area contributed by atoms with Gasteiger partial charge in [-0.25, -0.2) is 0 Å². The van der Waals surface area contributed by atoms with Crippen LogP contribution >= 0.6 is 23.3 Å². The fourth-order valence-electron chi connectivity index (χ4n) is 2.74. The standard InChI is InChI=1S/C11H16N2O2S2/c14-10(9-6-12-13-17-9)8-1-3-15-11(5-8)2-4-16-7-11/h6,8,10,14H,1-5,7H2. The molecule has 2 fully saturated rings. The van der Waals surface area contributed by atoms with Crippen molar-refractivity contribution in [2.75, 3.05) is 18.1 Å². The molecule has 94 valence electrons. The molecule has 2 saturated heterocycles. The first kappa shape index (κ1) is 11.9. The highest BCUT2D eigenvalue weighted by molar-refractivity contribution is 7.99. The quantitative estimate of drug-likeness (QED) is 0.891. The van der Waals surface area contributed by atoms with E-state index in [1.165, 1.54) is 17.3 Å². The summed E-state index contributed by atoms with van der Waals surface area (Å²) in [5, 5.41) is 14.1. The van der Waals surface area contributed by atoms with Gasteiger partial charge in [0.2, 0.25) is 0 Å². The van der Waals surface area contributed by atoms with Crippen LogP contribution in [0.5, 0.6) is 0 Å². The van der Waals surface area contributed by atoms with Crippen molar-refractivity contribution < 1.29 is 9.84 Å². The van der Waals surface area contributed by atoms with Crippen molar-refractivity contribution >= 4 is 23.3 Å². The minimum Gasteiger partial charge on any atom is -0.387 e. The van der Waals surface area contributed by atoms with Gasteiger partial charge in [-0.2, -0.15) is 11.8 Å². The number of nitrogens with zero attached hydrogens (tertiary/aromatic N) is 2. The van der Waals surface area contributed by atoms with Crippen molar-refractivity contribution in [3.8, 4) is 0 Å². The molecule has 6 heteroatoms. The van der Waals surface area contributed by atoms with Crippen LogP contribution < -0.4 is 0 Å². The number of aromatic nitrogens is 2. The van der Waals surface area contributed by atoms with Gasteiger partial charge in [-0.1, -0.05) is 4.49 Å². The summed E-state index contributed by atoms with van der Waals surface area (Å²) in [5.74, 6) is 2.56. The van der Waals surface area contributed by atoms with E-state index >= 15 is 0 Å². The first-order valence-electron chi connectivity index (χ1n) is 5.96. The molecule has 1 aromatic rings. The third-order valence-corrected chi connectivity index (χ3v) is 5.67. The summed E-state index contributed by atoms with van der Waals surface area (Å²) in [6.45, 7) is 0.772. The Balaban J connectivity index is 1.71. The molecule has 0 saturated carbocycles. The normalized spacial score (nSPS) is 35.2. The molecule has 3 heterocycles. The van der Waals surface area contributed by atoms with E-state index in [4.69, 9.17) is 4.74 Å². The Labute approximate surface area is 109 Å².